The van der Waals surface area contributed by atoms with Crippen molar-refractivity contribution in [2.45, 2.75) is 58.5 Å². The normalized spacial score (nSPS) is 18.0. The van der Waals surface area contributed by atoms with E-state index in [-0.39, 0.29) is 5.91 Å². The Morgan fingerprint density at radius 2 is 2.08 bits per heavy atom. The lowest BCUT2D eigenvalue weighted by molar-refractivity contribution is -0.120. The fraction of sp³-hybridized carbons (Fsp3) is 0.524. The minimum absolute atomic E-state index is 0.0861. The third-order valence-electron chi connectivity index (χ3n) is 5.40. The lowest BCUT2D eigenvalue weighted by Gasteiger charge is -2.36. The first-order chi connectivity index (χ1) is 12.6. The van der Waals surface area contributed by atoms with Crippen molar-refractivity contribution in [3.05, 3.63) is 52.8 Å². The molecule has 0 aliphatic carbocycles. The van der Waals surface area contributed by atoms with Crippen molar-refractivity contribution in [2.75, 3.05) is 13.1 Å². The van der Waals surface area contributed by atoms with Gasteiger partial charge in [0, 0.05) is 30.4 Å². The molecule has 0 bridgehead atoms. The van der Waals surface area contributed by atoms with Gasteiger partial charge in [-0.3, -0.25) is 14.8 Å². The number of aromatic nitrogens is 2. The highest BCUT2D eigenvalue weighted by molar-refractivity contribution is 5.79. The monoisotopic (exact) mass is 354 g/mol. The van der Waals surface area contributed by atoms with Crippen LogP contribution in [0.25, 0.3) is 0 Å². The van der Waals surface area contributed by atoms with Crippen LogP contribution in [-0.2, 0) is 17.8 Å². The van der Waals surface area contributed by atoms with E-state index in [4.69, 9.17) is 0 Å². The van der Waals surface area contributed by atoms with E-state index in [0.29, 0.717) is 12.5 Å². The van der Waals surface area contributed by atoms with Gasteiger partial charge in [-0.25, -0.2) is 0 Å². The third kappa shape index (κ3) is 4.94. The van der Waals surface area contributed by atoms with Crippen LogP contribution in [0.15, 0.2) is 30.3 Å². The van der Waals surface area contributed by atoms with Crippen LogP contribution >= 0.6 is 0 Å². The lowest BCUT2D eigenvalue weighted by Crippen LogP contribution is -2.41. The Hall–Kier alpha value is -2.14. The molecule has 0 radical (unpaired) electrons. The summed E-state index contributed by atoms with van der Waals surface area (Å²) in [6.45, 7) is 6.81. The van der Waals surface area contributed by atoms with Gasteiger partial charge < -0.3 is 5.32 Å². The van der Waals surface area contributed by atoms with Crippen molar-refractivity contribution in [3.8, 4) is 0 Å². The number of aryl methyl sites for hydroxylation is 2. The number of carbonyl (C=O) groups is 1. The van der Waals surface area contributed by atoms with Gasteiger partial charge in [0.1, 0.15) is 0 Å². The first-order valence-electron chi connectivity index (χ1n) is 9.68. The number of likely N-dealkylation sites (tertiary alicyclic amines) is 1. The number of hydrogen-bond acceptors (Lipinski definition) is 3. The number of benzene rings is 1. The van der Waals surface area contributed by atoms with Crippen LogP contribution < -0.4 is 5.32 Å². The molecule has 1 aromatic heterocycles. The summed E-state index contributed by atoms with van der Waals surface area (Å²) in [6.07, 6.45) is 5.21. The molecule has 1 aliphatic heterocycles. The zero-order valence-electron chi connectivity index (χ0n) is 15.9. The molecule has 1 unspecified atom stereocenters. The van der Waals surface area contributed by atoms with Crippen molar-refractivity contribution >= 4 is 5.91 Å². The van der Waals surface area contributed by atoms with Crippen molar-refractivity contribution in [1.29, 1.82) is 0 Å². The molecule has 140 valence electrons. The molecular weight excluding hydrogens is 324 g/mol. The van der Waals surface area contributed by atoms with Gasteiger partial charge in [0.25, 0.3) is 0 Å². The highest BCUT2D eigenvalue weighted by Gasteiger charge is 2.22. The highest BCUT2D eigenvalue weighted by atomic mass is 16.1. The molecule has 1 fully saturated rings. The molecule has 3 rings (SSSR count). The van der Waals surface area contributed by atoms with E-state index in [0.717, 1.165) is 43.0 Å². The van der Waals surface area contributed by atoms with E-state index in [2.05, 4.69) is 50.7 Å². The zero-order valence-corrected chi connectivity index (χ0v) is 15.9. The maximum atomic E-state index is 12.3. The number of rotatable bonds is 7. The number of piperidine rings is 1. The minimum Gasteiger partial charge on any atom is -0.356 e. The standard InChI is InChI=1S/C21H30N4O/c1-16-20(17(2)24-23-16)14-21(26)22-12-11-19-10-6-7-13-25(19)15-18-8-4-3-5-9-18/h3-5,8-9,19H,6-7,10-15H2,1-2H3,(H,22,26)(H,23,24). The molecular formula is C21H30N4O. The van der Waals surface area contributed by atoms with Crippen molar-refractivity contribution in [1.82, 2.24) is 20.4 Å². The first-order valence-corrected chi connectivity index (χ1v) is 9.68. The molecule has 2 N–H and O–H groups in total. The average Bonchev–Trinajstić information content (AvgIpc) is 2.96. The van der Waals surface area contributed by atoms with Gasteiger partial charge in [-0.15, -0.1) is 0 Å². The number of amides is 1. The summed E-state index contributed by atoms with van der Waals surface area (Å²) >= 11 is 0. The van der Waals surface area contributed by atoms with Gasteiger partial charge in [0.15, 0.2) is 0 Å². The summed E-state index contributed by atoms with van der Waals surface area (Å²) in [7, 11) is 0. The Balaban J connectivity index is 1.47. The van der Waals surface area contributed by atoms with Crippen LogP contribution in [-0.4, -0.2) is 40.1 Å². The molecule has 1 saturated heterocycles. The van der Waals surface area contributed by atoms with Gasteiger partial charge in [-0.1, -0.05) is 36.8 Å². The van der Waals surface area contributed by atoms with Crippen LogP contribution in [0.5, 0.6) is 0 Å². The number of nitrogens with one attached hydrogen (secondary N) is 2. The number of nitrogens with zero attached hydrogens (tertiary/aromatic N) is 2. The largest absolute Gasteiger partial charge is 0.356 e. The topological polar surface area (TPSA) is 61.0 Å². The summed E-state index contributed by atoms with van der Waals surface area (Å²) in [5.74, 6) is 0.0861. The summed E-state index contributed by atoms with van der Waals surface area (Å²) in [6, 6.07) is 11.2. The molecule has 5 heteroatoms. The maximum absolute atomic E-state index is 12.3. The molecule has 26 heavy (non-hydrogen) atoms. The van der Waals surface area contributed by atoms with Crippen LogP contribution in [0.3, 0.4) is 0 Å². The summed E-state index contributed by atoms with van der Waals surface area (Å²) in [5, 5.41) is 10.2. The van der Waals surface area contributed by atoms with E-state index >= 15 is 0 Å². The second-order valence-corrected chi connectivity index (χ2v) is 7.33. The van der Waals surface area contributed by atoms with Crippen LogP contribution in [0.2, 0.25) is 0 Å². The molecule has 0 saturated carbocycles. The van der Waals surface area contributed by atoms with Gasteiger partial charge in [-0.05, 0) is 45.2 Å². The fourth-order valence-corrected chi connectivity index (χ4v) is 3.85. The van der Waals surface area contributed by atoms with Crippen LogP contribution in [0.4, 0.5) is 0 Å². The van der Waals surface area contributed by atoms with Gasteiger partial charge >= 0.3 is 0 Å². The number of hydrogen-bond donors (Lipinski definition) is 2. The Kier molecular flexibility index (Phi) is 6.45. The predicted molar refractivity (Wildman–Crippen MR) is 104 cm³/mol. The van der Waals surface area contributed by atoms with Crippen LogP contribution in [0.1, 0.15) is 48.2 Å². The molecule has 1 aliphatic rings. The summed E-state index contributed by atoms with van der Waals surface area (Å²) < 4.78 is 0. The van der Waals surface area contributed by atoms with Crippen molar-refractivity contribution < 1.29 is 4.79 Å². The van der Waals surface area contributed by atoms with Gasteiger partial charge in [0.05, 0.1) is 12.1 Å². The molecule has 5 nitrogen and oxygen atoms in total. The van der Waals surface area contributed by atoms with Gasteiger partial charge in [-0.2, -0.15) is 5.10 Å². The predicted octanol–water partition coefficient (Wildman–Crippen LogP) is 3.13. The number of aromatic amines is 1. The van der Waals surface area contributed by atoms with Crippen molar-refractivity contribution in [2.24, 2.45) is 0 Å². The molecule has 1 amide bonds. The third-order valence-corrected chi connectivity index (χ3v) is 5.40. The number of H-pyrrole nitrogens is 1. The first kappa shape index (κ1) is 18.6. The van der Waals surface area contributed by atoms with E-state index in [1.54, 1.807) is 0 Å². The Morgan fingerprint density at radius 3 is 2.81 bits per heavy atom. The zero-order chi connectivity index (χ0) is 18.4. The molecule has 1 aromatic carbocycles. The lowest BCUT2D eigenvalue weighted by atomic mass is 9.98. The van der Waals surface area contributed by atoms with E-state index in [1.165, 1.54) is 24.8 Å². The second kappa shape index (κ2) is 8.99. The fourth-order valence-electron chi connectivity index (χ4n) is 3.85. The summed E-state index contributed by atoms with van der Waals surface area (Å²) in [5.41, 5.74) is 4.29. The van der Waals surface area contributed by atoms with E-state index < -0.39 is 0 Å². The second-order valence-electron chi connectivity index (χ2n) is 7.33. The molecule has 2 heterocycles. The quantitative estimate of drug-likeness (QED) is 0.803. The van der Waals surface area contributed by atoms with E-state index in [9.17, 15) is 4.79 Å². The smallest absolute Gasteiger partial charge is 0.224 e. The Bertz CT molecular complexity index is 691. The van der Waals surface area contributed by atoms with E-state index in [1.807, 2.05) is 13.8 Å². The minimum atomic E-state index is 0.0861. The molecule has 1 atom stereocenters. The maximum Gasteiger partial charge on any atom is 0.224 e. The molecule has 2 aromatic rings. The van der Waals surface area contributed by atoms with Crippen molar-refractivity contribution in [3.63, 3.8) is 0 Å². The Labute approximate surface area is 156 Å². The number of carbonyl (C=O) groups excluding carboxylic acids is 1. The summed E-state index contributed by atoms with van der Waals surface area (Å²) in [4.78, 5) is 14.8. The highest BCUT2D eigenvalue weighted by Crippen LogP contribution is 2.21. The average molecular weight is 354 g/mol. The SMILES string of the molecule is Cc1n[nH]c(C)c1CC(=O)NCCC1CCCCN1Cc1ccccc1. The van der Waals surface area contributed by atoms with Crippen LogP contribution in [0, 0.1) is 13.8 Å². The van der Waals surface area contributed by atoms with Gasteiger partial charge in [0.2, 0.25) is 5.91 Å². The Morgan fingerprint density at radius 1 is 1.27 bits per heavy atom. The molecule has 0 spiro atoms.